The van der Waals surface area contributed by atoms with Crippen molar-refractivity contribution in [1.82, 2.24) is 9.97 Å². The predicted molar refractivity (Wildman–Crippen MR) is 92.9 cm³/mol. The number of aryl methyl sites for hydroxylation is 2. The Balaban J connectivity index is 1.63. The molecule has 0 amide bonds. The number of hydrogen-bond acceptors (Lipinski definition) is 4. The van der Waals surface area contributed by atoms with Crippen LogP contribution in [0.15, 0.2) is 24.3 Å². The van der Waals surface area contributed by atoms with E-state index in [1.165, 1.54) is 5.56 Å². The second-order valence-electron chi connectivity index (χ2n) is 6.53. The van der Waals surface area contributed by atoms with Crippen molar-refractivity contribution in [2.45, 2.75) is 51.9 Å². The zero-order valence-corrected chi connectivity index (χ0v) is 14.7. The van der Waals surface area contributed by atoms with Crippen LogP contribution >= 0.6 is 0 Å². The van der Waals surface area contributed by atoms with Gasteiger partial charge in [-0.1, -0.05) is 24.3 Å². The summed E-state index contributed by atoms with van der Waals surface area (Å²) in [4.78, 5) is 9.07. The van der Waals surface area contributed by atoms with Gasteiger partial charge in [0.25, 0.3) is 0 Å². The average Bonchev–Trinajstić information content (AvgIpc) is 2.59. The minimum Gasteiger partial charge on any atom is -0.367 e. The molecule has 0 fully saturated rings. The maximum Gasteiger partial charge on any atom is 0.411 e. The monoisotopic (exact) mass is 365 g/mol. The Morgan fingerprint density at radius 3 is 2.69 bits per heavy atom. The highest BCUT2D eigenvalue weighted by atomic mass is 19.4. The first-order valence-corrected chi connectivity index (χ1v) is 8.73. The fraction of sp³-hybridized carbons (Fsp3) is 0.474. The van der Waals surface area contributed by atoms with Gasteiger partial charge in [0.15, 0.2) is 0 Å². The number of rotatable bonds is 6. The quantitative estimate of drug-likeness (QED) is 0.827. The first-order chi connectivity index (χ1) is 12.4. The van der Waals surface area contributed by atoms with Gasteiger partial charge in [-0.2, -0.15) is 13.2 Å². The van der Waals surface area contributed by atoms with Crippen molar-refractivity contribution < 1.29 is 17.9 Å². The third kappa shape index (κ3) is 5.17. The summed E-state index contributed by atoms with van der Waals surface area (Å²) in [6.45, 7) is 1.14. The smallest absolute Gasteiger partial charge is 0.367 e. The normalized spacial score (nSPS) is 14.2. The largest absolute Gasteiger partial charge is 0.411 e. The van der Waals surface area contributed by atoms with E-state index in [1.54, 1.807) is 6.07 Å². The van der Waals surface area contributed by atoms with Crippen LogP contribution in [-0.2, 0) is 30.7 Å². The lowest BCUT2D eigenvalue weighted by Gasteiger charge is -2.19. The van der Waals surface area contributed by atoms with Crippen LogP contribution in [0.2, 0.25) is 0 Å². The predicted octanol–water partition coefficient (Wildman–Crippen LogP) is 4.35. The fourth-order valence-corrected chi connectivity index (χ4v) is 3.16. The van der Waals surface area contributed by atoms with E-state index in [0.717, 1.165) is 54.1 Å². The molecule has 0 atom stereocenters. The van der Waals surface area contributed by atoms with E-state index in [1.807, 2.05) is 25.1 Å². The van der Waals surface area contributed by atoms with E-state index in [0.29, 0.717) is 6.54 Å². The molecule has 1 aliphatic carbocycles. The zero-order chi connectivity index (χ0) is 18.6. The van der Waals surface area contributed by atoms with E-state index in [4.69, 9.17) is 4.74 Å². The number of halogens is 3. The second kappa shape index (κ2) is 8.03. The van der Waals surface area contributed by atoms with Crippen LogP contribution in [0.4, 0.5) is 19.0 Å². The lowest BCUT2D eigenvalue weighted by Crippen LogP contribution is -2.16. The molecule has 1 aliphatic rings. The first kappa shape index (κ1) is 18.6. The highest BCUT2D eigenvalue weighted by molar-refractivity contribution is 5.48. The molecule has 0 radical (unpaired) electrons. The summed E-state index contributed by atoms with van der Waals surface area (Å²) in [5, 5.41) is 3.37. The van der Waals surface area contributed by atoms with Gasteiger partial charge < -0.3 is 10.1 Å². The van der Waals surface area contributed by atoms with Crippen molar-refractivity contribution in [3.05, 3.63) is 52.5 Å². The maximum absolute atomic E-state index is 12.2. The van der Waals surface area contributed by atoms with Crippen LogP contribution < -0.4 is 5.32 Å². The van der Waals surface area contributed by atoms with Crippen molar-refractivity contribution in [2.75, 3.05) is 11.9 Å². The number of alkyl halides is 3. The van der Waals surface area contributed by atoms with Crippen molar-refractivity contribution in [3.8, 4) is 0 Å². The molecule has 0 bridgehead atoms. The van der Waals surface area contributed by atoms with Crippen LogP contribution in [-0.4, -0.2) is 22.8 Å². The van der Waals surface area contributed by atoms with Gasteiger partial charge in [0, 0.05) is 17.8 Å². The van der Waals surface area contributed by atoms with Crippen molar-refractivity contribution in [3.63, 3.8) is 0 Å². The molecule has 26 heavy (non-hydrogen) atoms. The van der Waals surface area contributed by atoms with Crippen LogP contribution in [0, 0.1) is 6.92 Å². The summed E-state index contributed by atoms with van der Waals surface area (Å²) in [5.74, 6) is 1.62. The van der Waals surface area contributed by atoms with Gasteiger partial charge in [0.05, 0.1) is 6.61 Å². The van der Waals surface area contributed by atoms with Crippen LogP contribution in [0.3, 0.4) is 0 Å². The number of fused-ring (bicyclic) bond motifs is 1. The summed E-state index contributed by atoms with van der Waals surface area (Å²) in [7, 11) is 0. The Bertz CT molecular complexity index is 762. The fourth-order valence-electron chi connectivity index (χ4n) is 3.16. The molecule has 2 aromatic rings. The molecular formula is C19H22F3N3O. The van der Waals surface area contributed by atoms with Gasteiger partial charge in [-0.3, -0.25) is 0 Å². The number of nitrogens with one attached hydrogen (secondary N) is 1. The van der Waals surface area contributed by atoms with Gasteiger partial charge in [0.1, 0.15) is 18.2 Å². The number of nitrogens with zero attached hydrogens (tertiary/aromatic N) is 2. The Morgan fingerprint density at radius 1 is 1.12 bits per heavy atom. The minimum atomic E-state index is -4.30. The Labute approximate surface area is 150 Å². The lowest BCUT2D eigenvalue weighted by atomic mass is 9.96. The number of benzene rings is 1. The molecule has 4 nitrogen and oxygen atoms in total. The molecule has 0 saturated heterocycles. The van der Waals surface area contributed by atoms with Crippen LogP contribution in [0.5, 0.6) is 0 Å². The SMILES string of the molecule is Cc1nc2c(c(NCc3cccc(COCC(F)(F)F)c3)n1)CCCC2. The van der Waals surface area contributed by atoms with Gasteiger partial charge in [-0.15, -0.1) is 0 Å². The molecular weight excluding hydrogens is 343 g/mol. The van der Waals surface area contributed by atoms with E-state index in [9.17, 15) is 13.2 Å². The number of ether oxygens (including phenoxy) is 1. The van der Waals surface area contributed by atoms with E-state index >= 15 is 0 Å². The standard InChI is InChI=1S/C19H22F3N3O/c1-13-24-17-8-3-2-7-16(17)18(25-13)23-10-14-5-4-6-15(9-14)11-26-12-19(20,21)22/h4-6,9H,2-3,7-8,10-12H2,1H3,(H,23,24,25). The molecule has 1 aromatic heterocycles. The molecule has 3 rings (SSSR count). The number of aromatic nitrogens is 2. The molecule has 7 heteroatoms. The molecule has 0 saturated carbocycles. The molecule has 0 spiro atoms. The third-order valence-corrected chi connectivity index (χ3v) is 4.28. The molecule has 0 unspecified atom stereocenters. The third-order valence-electron chi connectivity index (χ3n) is 4.28. The molecule has 140 valence electrons. The van der Waals surface area contributed by atoms with E-state index in [2.05, 4.69) is 15.3 Å². The zero-order valence-electron chi connectivity index (χ0n) is 14.7. The van der Waals surface area contributed by atoms with Gasteiger partial charge in [-0.25, -0.2) is 9.97 Å². The summed E-state index contributed by atoms with van der Waals surface area (Å²) >= 11 is 0. The van der Waals surface area contributed by atoms with E-state index < -0.39 is 12.8 Å². The average molecular weight is 365 g/mol. The van der Waals surface area contributed by atoms with E-state index in [-0.39, 0.29) is 6.61 Å². The van der Waals surface area contributed by atoms with Crippen molar-refractivity contribution in [1.29, 1.82) is 0 Å². The van der Waals surface area contributed by atoms with Crippen molar-refractivity contribution in [2.24, 2.45) is 0 Å². The van der Waals surface area contributed by atoms with Gasteiger partial charge in [-0.05, 0) is 43.7 Å². The first-order valence-electron chi connectivity index (χ1n) is 8.73. The van der Waals surface area contributed by atoms with Gasteiger partial charge in [0.2, 0.25) is 0 Å². The van der Waals surface area contributed by atoms with Gasteiger partial charge >= 0.3 is 6.18 Å². The summed E-state index contributed by atoms with van der Waals surface area (Å²) in [6.07, 6.45) is -0.0468. The number of anilines is 1. The maximum atomic E-state index is 12.2. The summed E-state index contributed by atoms with van der Waals surface area (Å²) in [5.41, 5.74) is 4.00. The Kier molecular flexibility index (Phi) is 5.76. The Hall–Kier alpha value is -2.15. The molecule has 0 aliphatic heterocycles. The number of hydrogen-bond donors (Lipinski definition) is 1. The van der Waals surface area contributed by atoms with Crippen LogP contribution in [0.25, 0.3) is 0 Å². The van der Waals surface area contributed by atoms with Crippen molar-refractivity contribution >= 4 is 5.82 Å². The molecule has 1 heterocycles. The van der Waals surface area contributed by atoms with Crippen LogP contribution in [0.1, 0.15) is 41.1 Å². The molecule has 1 aromatic carbocycles. The highest BCUT2D eigenvalue weighted by Gasteiger charge is 2.27. The highest BCUT2D eigenvalue weighted by Crippen LogP contribution is 2.26. The summed E-state index contributed by atoms with van der Waals surface area (Å²) in [6, 6.07) is 7.37. The second-order valence-corrected chi connectivity index (χ2v) is 6.53. The molecule has 1 N–H and O–H groups in total. The lowest BCUT2D eigenvalue weighted by molar-refractivity contribution is -0.176. The minimum absolute atomic E-state index is 0.0602. The summed E-state index contributed by atoms with van der Waals surface area (Å²) < 4.78 is 41.2. The Morgan fingerprint density at radius 2 is 1.88 bits per heavy atom. The topological polar surface area (TPSA) is 47.0 Å².